The highest BCUT2D eigenvalue weighted by atomic mass is 35.5. The van der Waals surface area contributed by atoms with E-state index in [2.05, 4.69) is 18.7 Å². The summed E-state index contributed by atoms with van der Waals surface area (Å²) in [5.74, 6) is 0.714. The standard InChI is InChI=1S/C11H21ClN2/c1-9(7-12)8-14-5-3-11(4-6-14)10(2)13/h7,10-11H,3-6,8,13H2,1-2H3. The molecule has 1 fully saturated rings. The molecule has 2 nitrogen and oxygen atoms in total. The normalized spacial score (nSPS) is 23.9. The van der Waals surface area contributed by atoms with Crippen LogP contribution in [0.3, 0.4) is 0 Å². The van der Waals surface area contributed by atoms with Crippen LogP contribution >= 0.6 is 11.6 Å². The fraction of sp³-hybridized carbons (Fsp3) is 0.818. The molecule has 14 heavy (non-hydrogen) atoms. The maximum Gasteiger partial charge on any atom is 0.0201 e. The molecule has 0 aromatic carbocycles. The molecule has 0 aromatic rings. The van der Waals surface area contributed by atoms with Crippen molar-refractivity contribution in [2.45, 2.75) is 32.7 Å². The fourth-order valence-electron chi connectivity index (χ4n) is 2.02. The molecule has 3 heteroatoms. The lowest BCUT2D eigenvalue weighted by atomic mass is 9.91. The van der Waals surface area contributed by atoms with Crippen LogP contribution in [0.1, 0.15) is 26.7 Å². The van der Waals surface area contributed by atoms with Gasteiger partial charge in [-0.25, -0.2) is 0 Å². The highest BCUT2D eigenvalue weighted by molar-refractivity contribution is 6.25. The summed E-state index contributed by atoms with van der Waals surface area (Å²) in [6, 6.07) is 0.349. The second-order valence-corrected chi connectivity index (χ2v) is 4.65. The number of nitrogens with two attached hydrogens (primary N) is 1. The van der Waals surface area contributed by atoms with E-state index in [9.17, 15) is 0 Å². The molecule has 0 amide bonds. The monoisotopic (exact) mass is 216 g/mol. The Labute approximate surface area is 92.1 Å². The van der Waals surface area contributed by atoms with E-state index in [0.29, 0.717) is 12.0 Å². The summed E-state index contributed by atoms with van der Waals surface area (Å²) < 4.78 is 0. The second kappa shape index (κ2) is 5.74. The summed E-state index contributed by atoms with van der Waals surface area (Å²) in [4.78, 5) is 2.45. The van der Waals surface area contributed by atoms with E-state index in [1.54, 1.807) is 5.54 Å². The minimum absolute atomic E-state index is 0.349. The van der Waals surface area contributed by atoms with Crippen LogP contribution in [0.5, 0.6) is 0 Å². The van der Waals surface area contributed by atoms with Gasteiger partial charge in [-0.3, -0.25) is 4.90 Å². The first-order chi connectivity index (χ1) is 6.63. The summed E-state index contributed by atoms with van der Waals surface area (Å²) in [7, 11) is 0. The molecule has 1 aliphatic heterocycles. The molecule has 1 saturated heterocycles. The molecule has 0 bridgehead atoms. The van der Waals surface area contributed by atoms with E-state index in [0.717, 1.165) is 19.6 Å². The van der Waals surface area contributed by atoms with Gasteiger partial charge < -0.3 is 5.73 Å². The third-order valence-electron chi connectivity index (χ3n) is 3.04. The minimum Gasteiger partial charge on any atom is -0.328 e. The Morgan fingerprint density at radius 1 is 1.57 bits per heavy atom. The molecule has 1 atom stereocenters. The van der Waals surface area contributed by atoms with Crippen molar-refractivity contribution in [3.05, 3.63) is 11.1 Å². The number of nitrogens with zero attached hydrogens (tertiary/aromatic N) is 1. The zero-order chi connectivity index (χ0) is 10.6. The number of likely N-dealkylation sites (tertiary alicyclic amines) is 1. The maximum absolute atomic E-state index is 5.89. The second-order valence-electron chi connectivity index (χ2n) is 4.43. The predicted molar refractivity (Wildman–Crippen MR) is 62.4 cm³/mol. The fourth-order valence-corrected chi connectivity index (χ4v) is 2.09. The highest BCUT2D eigenvalue weighted by Gasteiger charge is 2.21. The van der Waals surface area contributed by atoms with Gasteiger partial charge in [-0.2, -0.15) is 0 Å². The molecule has 82 valence electrons. The van der Waals surface area contributed by atoms with Crippen LogP contribution in [0, 0.1) is 5.92 Å². The van der Waals surface area contributed by atoms with Gasteiger partial charge >= 0.3 is 0 Å². The molecule has 1 rings (SSSR count). The summed E-state index contributed by atoms with van der Waals surface area (Å²) in [5, 5.41) is 0. The summed E-state index contributed by atoms with van der Waals surface area (Å²) in [5.41, 5.74) is 8.81. The van der Waals surface area contributed by atoms with E-state index < -0.39 is 0 Å². The Balaban J connectivity index is 2.29. The predicted octanol–water partition coefficient (Wildman–Crippen LogP) is 2.19. The number of rotatable bonds is 3. The van der Waals surface area contributed by atoms with E-state index in [1.165, 1.54) is 18.4 Å². The Morgan fingerprint density at radius 3 is 2.57 bits per heavy atom. The Morgan fingerprint density at radius 2 is 2.14 bits per heavy atom. The van der Waals surface area contributed by atoms with Gasteiger partial charge in [-0.05, 0) is 51.3 Å². The smallest absolute Gasteiger partial charge is 0.0201 e. The zero-order valence-electron chi connectivity index (χ0n) is 9.17. The average molecular weight is 217 g/mol. The third kappa shape index (κ3) is 3.60. The molecule has 0 spiro atoms. The van der Waals surface area contributed by atoms with Crippen molar-refractivity contribution in [1.82, 2.24) is 4.90 Å². The SMILES string of the molecule is CC(=CCl)CN1CCC(C(C)N)CC1. The van der Waals surface area contributed by atoms with Crippen LogP contribution < -0.4 is 5.73 Å². The summed E-state index contributed by atoms with van der Waals surface area (Å²) in [6.45, 7) is 7.52. The molecular formula is C11H21ClN2. The Hall–Kier alpha value is -0.0500. The van der Waals surface area contributed by atoms with Crippen LogP contribution in [0.25, 0.3) is 0 Å². The van der Waals surface area contributed by atoms with E-state index in [1.807, 2.05) is 0 Å². The van der Waals surface area contributed by atoms with Crippen molar-refractivity contribution in [2.24, 2.45) is 11.7 Å². The van der Waals surface area contributed by atoms with Gasteiger partial charge in [0.15, 0.2) is 0 Å². The van der Waals surface area contributed by atoms with Crippen molar-refractivity contribution in [3.8, 4) is 0 Å². The highest BCUT2D eigenvalue weighted by Crippen LogP contribution is 2.20. The molecule has 0 saturated carbocycles. The van der Waals surface area contributed by atoms with Gasteiger partial charge in [0.2, 0.25) is 0 Å². The number of piperidine rings is 1. The van der Waals surface area contributed by atoms with Crippen LogP contribution in [0.2, 0.25) is 0 Å². The molecule has 0 radical (unpaired) electrons. The van der Waals surface area contributed by atoms with Gasteiger partial charge in [0, 0.05) is 18.1 Å². The molecular weight excluding hydrogens is 196 g/mol. The number of hydrogen-bond acceptors (Lipinski definition) is 2. The average Bonchev–Trinajstić information content (AvgIpc) is 2.18. The van der Waals surface area contributed by atoms with Crippen LogP contribution in [-0.4, -0.2) is 30.6 Å². The molecule has 2 N–H and O–H groups in total. The van der Waals surface area contributed by atoms with Crippen LogP contribution in [0.15, 0.2) is 11.1 Å². The zero-order valence-corrected chi connectivity index (χ0v) is 9.93. The summed E-state index contributed by atoms with van der Waals surface area (Å²) in [6.07, 6.45) is 2.46. The Kier molecular flexibility index (Phi) is 4.93. The quantitative estimate of drug-likeness (QED) is 0.784. The lowest BCUT2D eigenvalue weighted by Crippen LogP contribution is -2.40. The van der Waals surface area contributed by atoms with Crippen LogP contribution in [0.4, 0.5) is 0 Å². The molecule has 1 aliphatic rings. The number of halogens is 1. The van der Waals surface area contributed by atoms with Crippen LogP contribution in [-0.2, 0) is 0 Å². The lowest BCUT2D eigenvalue weighted by molar-refractivity contribution is 0.184. The van der Waals surface area contributed by atoms with Gasteiger partial charge in [0.05, 0.1) is 0 Å². The first-order valence-corrected chi connectivity index (χ1v) is 5.81. The van der Waals surface area contributed by atoms with Crippen molar-refractivity contribution in [3.63, 3.8) is 0 Å². The van der Waals surface area contributed by atoms with Gasteiger partial charge in [-0.1, -0.05) is 11.6 Å². The third-order valence-corrected chi connectivity index (χ3v) is 3.41. The first-order valence-electron chi connectivity index (χ1n) is 5.37. The van der Waals surface area contributed by atoms with E-state index >= 15 is 0 Å². The first kappa shape index (κ1) is 12.0. The van der Waals surface area contributed by atoms with Crippen molar-refractivity contribution < 1.29 is 0 Å². The largest absolute Gasteiger partial charge is 0.328 e. The topological polar surface area (TPSA) is 29.3 Å². The van der Waals surface area contributed by atoms with Gasteiger partial charge in [-0.15, -0.1) is 0 Å². The maximum atomic E-state index is 5.89. The lowest BCUT2D eigenvalue weighted by Gasteiger charge is -2.33. The van der Waals surface area contributed by atoms with E-state index in [-0.39, 0.29) is 0 Å². The molecule has 0 aromatic heterocycles. The minimum atomic E-state index is 0.349. The molecule has 1 heterocycles. The Bertz CT molecular complexity index is 193. The molecule has 0 aliphatic carbocycles. The number of hydrogen-bond donors (Lipinski definition) is 1. The van der Waals surface area contributed by atoms with E-state index in [4.69, 9.17) is 17.3 Å². The van der Waals surface area contributed by atoms with Crippen molar-refractivity contribution in [1.29, 1.82) is 0 Å². The van der Waals surface area contributed by atoms with Crippen molar-refractivity contribution in [2.75, 3.05) is 19.6 Å². The molecule has 1 unspecified atom stereocenters. The van der Waals surface area contributed by atoms with Gasteiger partial charge in [0.1, 0.15) is 0 Å². The van der Waals surface area contributed by atoms with Gasteiger partial charge in [0.25, 0.3) is 0 Å². The van der Waals surface area contributed by atoms with Crippen molar-refractivity contribution >= 4 is 11.6 Å². The summed E-state index contributed by atoms with van der Waals surface area (Å²) >= 11 is 5.64.